The van der Waals surface area contributed by atoms with Gasteiger partial charge in [0.25, 0.3) is 5.91 Å². The highest BCUT2D eigenvalue weighted by atomic mass is 19.4. The van der Waals surface area contributed by atoms with Crippen LogP contribution in [0.15, 0.2) is 82.0 Å². The third-order valence-corrected chi connectivity index (χ3v) is 4.86. The summed E-state index contributed by atoms with van der Waals surface area (Å²) in [5.74, 6) is -1.74. The second kappa shape index (κ2) is 9.34. The number of alkyl halides is 3. The standard InChI is InChI=1S/C25H17F3N2O5/c1-14(31)29-20-10-3-2-9-18(20)15-6-4-8-17(12-15)30-23(32)19-13-16-7-5-11-21(35-25(26,27)28)22(16)34-24(19)33/h2-13H,1H3,(H,29,31)(H,30,32). The Morgan fingerprint density at radius 1 is 0.914 bits per heavy atom. The molecule has 0 bridgehead atoms. The molecule has 0 radical (unpaired) electrons. The molecular weight excluding hydrogens is 465 g/mol. The van der Waals surface area contributed by atoms with Crippen LogP contribution in [0.25, 0.3) is 22.1 Å². The minimum atomic E-state index is -4.98. The van der Waals surface area contributed by atoms with Gasteiger partial charge in [-0.05, 0) is 35.9 Å². The summed E-state index contributed by atoms with van der Waals surface area (Å²) < 4.78 is 46.8. The monoisotopic (exact) mass is 482 g/mol. The Balaban J connectivity index is 1.64. The van der Waals surface area contributed by atoms with Crippen molar-refractivity contribution in [3.63, 3.8) is 0 Å². The molecule has 0 aliphatic heterocycles. The fourth-order valence-electron chi connectivity index (χ4n) is 3.48. The number of amides is 2. The Hall–Kier alpha value is -4.60. The van der Waals surface area contributed by atoms with Gasteiger partial charge in [0.05, 0.1) is 0 Å². The van der Waals surface area contributed by atoms with Gasteiger partial charge in [-0.3, -0.25) is 9.59 Å². The van der Waals surface area contributed by atoms with Crippen molar-refractivity contribution in [2.75, 3.05) is 10.6 Å². The van der Waals surface area contributed by atoms with E-state index in [1.54, 1.807) is 48.5 Å². The van der Waals surface area contributed by atoms with E-state index in [4.69, 9.17) is 4.42 Å². The van der Waals surface area contributed by atoms with Gasteiger partial charge in [-0.2, -0.15) is 0 Å². The first-order valence-corrected chi connectivity index (χ1v) is 10.2. The van der Waals surface area contributed by atoms with Crippen LogP contribution in [0.5, 0.6) is 5.75 Å². The molecule has 2 amide bonds. The van der Waals surface area contributed by atoms with Crippen LogP contribution in [0, 0.1) is 0 Å². The molecule has 0 saturated carbocycles. The molecular formula is C25H17F3N2O5. The summed E-state index contributed by atoms with van der Waals surface area (Å²) in [6, 6.07) is 18.6. The van der Waals surface area contributed by atoms with Crippen LogP contribution >= 0.6 is 0 Å². The summed E-state index contributed by atoms with van der Waals surface area (Å²) in [5.41, 5.74) is 0.371. The van der Waals surface area contributed by atoms with Crippen molar-refractivity contribution in [3.8, 4) is 16.9 Å². The van der Waals surface area contributed by atoms with Gasteiger partial charge in [0.1, 0.15) is 5.56 Å². The zero-order valence-corrected chi connectivity index (χ0v) is 18.1. The molecule has 1 aromatic heterocycles. The third-order valence-electron chi connectivity index (χ3n) is 4.86. The van der Waals surface area contributed by atoms with E-state index >= 15 is 0 Å². The van der Waals surface area contributed by atoms with Crippen LogP contribution < -0.4 is 21.0 Å². The predicted molar refractivity (Wildman–Crippen MR) is 123 cm³/mol. The molecule has 178 valence electrons. The number of carbonyl (C=O) groups excluding carboxylic acids is 2. The maximum Gasteiger partial charge on any atom is 0.573 e. The Morgan fingerprint density at radius 2 is 1.66 bits per heavy atom. The van der Waals surface area contributed by atoms with Crippen molar-refractivity contribution in [1.29, 1.82) is 0 Å². The maximum atomic E-state index is 12.8. The van der Waals surface area contributed by atoms with Gasteiger partial charge < -0.3 is 19.8 Å². The molecule has 4 aromatic rings. The lowest BCUT2D eigenvalue weighted by atomic mass is 10.0. The summed E-state index contributed by atoms with van der Waals surface area (Å²) in [4.78, 5) is 36.7. The Labute approximate surface area is 196 Å². The molecule has 10 heteroatoms. The topological polar surface area (TPSA) is 97.6 Å². The number of carbonyl (C=O) groups is 2. The van der Waals surface area contributed by atoms with Gasteiger partial charge in [-0.15, -0.1) is 13.2 Å². The van der Waals surface area contributed by atoms with Crippen molar-refractivity contribution in [2.45, 2.75) is 13.3 Å². The van der Waals surface area contributed by atoms with E-state index in [-0.39, 0.29) is 11.3 Å². The average Bonchev–Trinajstić information content (AvgIpc) is 2.78. The average molecular weight is 482 g/mol. The summed E-state index contributed by atoms with van der Waals surface area (Å²) in [6.45, 7) is 1.39. The van der Waals surface area contributed by atoms with Gasteiger partial charge >= 0.3 is 12.0 Å². The summed E-state index contributed by atoms with van der Waals surface area (Å²) in [5, 5.41) is 5.41. The summed E-state index contributed by atoms with van der Waals surface area (Å²) >= 11 is 0. The SMILES string of the molecule is CC(=O)Nc1ccccc1-c1cccc(NC(=O)c2cc3cccc(OC(F)(F)F)c3oc2=O)c1. The second-order valence-corrected chi connectivity index (χ2v) is 7.43. The number of anilines is 2. The first kappa shape index (κ1) is 23.6. The van der Waals surface area contributed by atoms with Gasteiger partial charge in [0.15, 0.2) is 11.3 Å². The van der Waals surface area contributed by atoms with E-state index in [2.05, 4.69) is 15.4 Å². The molecule has 0 unspecified atom stereocenters. The molecule has 0 aliphatic rings. The molecule has 0 atom stereocenters. The Bertz CT molecular complexity index is 1490. The zero-order valence-electron chi connectivity index (χ0n) is 18.1. The second-order valence-electron chi connectivity index (χ2n) is 7.43. The predicted octanol–water partition coefficient (Wildman–Crippen LogP) is 5.57. The fraction of sp³-hybridized carbons (Fsp3) is 0.0800. The number of para-hydroxylation sites is 2. The fourth-order valence-corrected chi connectivity index (χ4v) is 3.48. The van der Waals surface area contributed by atoms with E-state index in [0.717, 1.165) is 12.1 Å². The number of ether oxygens (including phenoxy) is 1. The number of nitrogens with one attached hydrogen (secondary N) is 2. The highest BCUT2D eigenvalue weighted by molar-refractivity contribution is 6.06. The van der Waals surface area contributed by atoms with Crippen molar-refractivity contribution in [3.05, 3.63) is 88.8 Å². The number of rotatable bonds is 5. The minimum Gasteiger partial charge on any atom is -0.418 e. The van der Waals surface area contributed by atoms with Crippen molar-refractivity contribution >= 4 is 34.2 Å². The normalized spacial score (nSPS) is 11.2. The van der Waals surface area contributed by atoms with E-state index in [0.29, 0.717) is 22.5 Å². The van der Waals surface area contributed by atoms with Gasteiger partial charge in [-0.1, -0.05) is 42.5 Å². The number of benzene rings is 3. The van der Waals surface area contributed by atoms with Crippen molar-refractivity contribution < 1.29 is 31.9 Å². The molecule has 3 aromatic carbocycles. The molecule has 0 spiro atoms. The molecule has 0 fully saturated rings. The maximum absolute atomic E-state index is 12.8. The number of fused-ring (bicyclic) bond motifs is 1. The Kier molecular flexibility index (Phi) is 6.28. The van der Waals surface area contributed by atoms with Gasteiger partial charge in [0, 0.05) is 29.2 Å². The lowest BCUT2D eigenvalue weighted by Gasteiger charge is -2.12. The third kappa shape index (κ3) is 5.49. The number of hydrogen-bond acceptors (Lipinski definition) is 5. The molecule has 1 heterocycles. The van der Waals surface area contributed by atoms with E-state index < -0.39 is 34.8 Å². The van der Waals surface area contributed by atoms with Gasteiger partial charge in [0.2, 0.25) is 5.91 Å². The summed E-state index contributed by atoms with van der Waals surface area (Å²) in [7, 11) is 0. The molecule has 4 rings (SSSR count). The highest BCUT2D eigenvalue weighted by Gasteiger charge is 2.32. The molecule has 7 nitrogen and oxygen atoms in total. The van der Waals surface area contributed by atoms with E-state index in [1.165, 1.54) is 19.1 Å². The molecule has 35 heavy (non-hydrogen) atoms. The Morgan fingerprint density at radius 3 is 2.40 bits per heavy atom. The van der Waals surface area contributed by atoms with Gasteiger partial charge in [-0.25, -0.2) is 4.79 Å². The minimum absolute atomic E-state index is 0.0782. The van der Waals surface area contributed by atoms with Crippen molar-refractivity contribution in [2.24, 2.45) is 0 Å². The lowest BCUT2D eigenvalue weighted by molar-refractivity contribution is -0.274. The van der Waals surface area contributed by atoms with Crippen LogP contribution in [0.1, 0.15) is 17.3 Å². The van der Waals surface area contributed by atoms with E-state index in [9.17, 15) is 27.6 Å². The molecule has 2 N–H and O–H groups in total. The first-order valence-electron chi connectivity index (χ1n) is 10.2. The number of halogens is 3. The summed E-state index contributed by atoms with van der Waals surface area (Å²) in [6.07, 6.45) is -4.98. The molecule has 0 saturated heterocycles. The van der Waals surface area contributed by atoms with E-state index in [1.807, 2.05) is 0 Å². The van der Waals surface area contributed by atoms with Crippen LogP contribution in [0.3, 0.4) is 0 Å². The van der Waals surface area contributed by atoms with Crippen molar-refractivity contribution in [1.82, 2.24) is 0 Å². The molecule has 0 aliphatic carbocycles. The van der Waals surface area contributed by atoms with Crippen LogP contribution in [0.4, 0.5) is 24.5 Å². The quantitative estimate of drug-likeness (QED) is 0.363. The van der Waals surface area contributed by atoms with Crippen LogP contribution in [0.2, 0.25) is 0 Å². The highest BCUT2D eigenvalue weighted by Crippen LogP contribution is 2.31. The number of hydrogen-bond donors (Lipinski definition) is 2. The first-order chi connectivity index (χ1) is 16.6. The lowest BCUT2D eigenvalue weighted by Crippen LogP contribution is -2.21. The largest absolute Gasteiger partial charge is 0.573 e. The smallest absolute Gasteiger partial charge is 0.418 e. The van der Waals surface area contributed by atoms with Crippen LogP contribution in [-0.2, 0) is 4.79 Å². The zero-order chi connectivity index (χ0) is 25.2. The van der Waals surface area contributed by atoms with Crippen LogP contribution in [-0.4, -0.2) is 18.2 Å².